The monoisotopic (exact) mass is 306 g/mol. The molecule has 1 amide bonds. The van der Waals surface area contributed by atoms with E-state index >= 15 is 0 Å². The number of hydrogen-bond donors (Lipinski definition) is 2. The highest BCUT2D eigenvalue weighted by Gasteiger charge is 2.21. The zero-order valence-corrected chi connectivity index (χ0v) is 12.4. The summed E-state index contributed by atoms with van der Waals surface area (Å²) in [5.41, 5.74) is 6.42. The number of nitrogens with two attached hydrogens (primary N) is 1. The lowest BCUT2D eigenvalue weighted by atomic mass is 10.1. The molecule has 0 atom stereocenters. The second kappa shape index (κ2) is 5.88. The van der Waals surface area contributed by atoms with Crippen LogP contribution in [0.15, 0.2) is 18.2 Å². The SMILES string of the molecule is CCc1nc(NC(=O)c2cc(N)ccc2[N+](=O)[O-])sc1C. The lowest BCUT2D eigenvalue weighted by Gasteiger charge is -2.04. The highest BCUT2D eigenvalue weighted by Crippen LogP contribution is 2.25. The number of nitrogens with zero attached hydrogens (tertiary/aromatic N) is 2. The van der Waals surface area contributed by atoms with Crippen molar-refractivity contribution in [3.05, 3.63) is 44.4 Å². The van der Waals surface area contributed by atoms with E-state index in [0.29, 0.717) is 5.13 Å². The summed E-state index contributed by atoms with van der Waals surface area (Å²) in [6.45, 7) is 3.88. The quantitative estimate of drug-likeness (QED) is 0.512. The molecular weight excluding hydrogens is 292 g/mol. The summed E-state index contributed by atoms with van der Waals surface area (Å²) in [7, 11) is 0. The maximum atomic E-state index is 12.2. The molecule has 2 rings (SSSR count). The van der Waals surface area contributed by atoms with Gasteiger partial charge in [0.05, 0.1) is 10.6 Å². The van der Waals surface area contributed by atoms with Crippen molar-refractivity contribution < 1.29 is 9.72 Å². The molecule has 1 aromatic carbocycles. The Hall–Kier alpha value is -2.48. The van der Waals surface area contributed by atoms with Gasteiger partial charge >= 0.3 is 0 Å². The minimum absolute atomic E-state index is 0.0779. The van der Waals surface area contributed by atoms with E-state index in [0.717, 1.165) is 17.0 Å². The maximum absolute atomic E-state index is 12.2. The van der Waals surface area contributed by atoms with Crippen molar-refractivity contribution in [2.24, 2.45) is 0 Å². The molecule has 7 nitrogen and oxygen atoms in total. The highest BCUT2D eigenvalue weighted by molar-refractivity contribution is 7.15. The fourth-order valence-corrected chi connectivity index (χ4v) is 2.77. The second-order valence-electron chi connectivity index (χ2n) is 4.36. The van der Waals surface area contributed by atoms with Crippen LogP contribution in [-0.2, 0) is 6.42 Å². The van der Waals surface area contributed by atoms with Crippen LogP contribution in [0.1, 0.15) is 27.9 Å². The minimum Gasteiger partial charge on any atom is -0.399 e. The minimum atomic E-state index is -0.612. The molecule has 1 aromatic heterocycles. The summed E-state index contributed by atoms with van der Waals surface area (Å²) in [5, 5.41) is 14.0. The number of benzene rings is 1. The zero-order chi connectivity index (χ0) is 15.6. The van der Waals surface area contributed by atoms with Gasteiger partial charge in [-0.2, -0.15) is 0 Å². The number of nitrogens with one attached hydrogen (secondary N) is 1. The molecule has 0 aliphatic heterocycles. The third-order valence-electron chi connectivity index (χ3n) is 2.91. The number of amides is 1. The van der Waals surface area contributed by atoms with Gasteiger partial charge in [0.1, 0.15) is 5.56 Å². The number of carbonyl (C=O) groups excluding carboxylic acids is 1. The van der Waals surface area contributed by atoms with Crippen LogP contribution in [0.4, 0.5) is 16.5 Å². The van der Waals surface area contributed by atoms with Crippen molar-refractivity contribution >= 4 is 33.8 Å². The van der Waals surface area contributed by atoms with Crippen molar-refractivity contribution in [1.29, 1.82) is 0 Å². The Kier molecular flexibility index (Phi) is 4.18. The van der Waals surface area contributed by atoms with Gasteiger partial charge in [0.15, 0.2) is 5.13 Å². The van der Waals surface area contributed by atoms with Crippen molar-refractivity contribution in [2.75, 3.05) is 11.1 Å². The number of hydrogen-bond acceptors (Lipinski definition) is 6. The summed E-state index contributed by atoms with van der Waals surface area (Å²) in [6, 6.07) is 3.89. The first-order chi connectivity index (χ1) is 9.92. The Morgan fingerprint density at radius 1 is 1.52 bits per heavy atom. The van der Waals surface area contributed by atoms with E-state index in [2.05, 4.69) is 10.3 Å². The molecule has 2 aromatic rings. The highest BCUT2D eigenvalue weighted by atomic mass is 32.1. The molecule has 3 N–H and O–H groups in total. The van der Waals surface area contributed by atoms with Gasteiger partial charge in [0, 0.05) is 16.6 Å². The Morgan fingerprint density at radius 3 is 2.81 bits per heavy atom. The maximum Gasteiger partial charge on any atom is 0.282 e. The van der Waals surface area contributed by atoms with Gasteiger partial charge in [-0.05, 0) is 25.5 Å². The number of aryl methyl sites for hydroxylation is 2. The molecule has 0 bridgehead atoms. The number of thiazole rings is 1. The molecule has 110 valence electrons. The number of anilines is 2. The topological polar surface area (TPSA) is 111 Å². The number of aromatic nitrogens is 1. The van der Waals surface area contributed by atoms with Crippen LogP contribution in [0.5, 0.6) is 0 Å². The van der Waals surface area contributed by atoms with E-state index in [1.54, 1.807) is 0 Å². The number of nitro groups is 1. The average molecular weight is 306 g/mol. The first-order valence-electron chi connectivity index (χ1n) is 6.24. The Morgan fingerprint density at radius 2 is 2.24 bits per heavy atom. The van der Waals surface area contributed by atoms with Crippen LogP contribution in [0.2, 0.25) is 0 Å². The molecule has 1 heterocycles. The lowest BCUT2D eigenvalue weighted by Crippen LogP contribution is -2.14. The fourth-order valence-electron chi connectivity index (χ4n) is 1.87. The molecule has 0 saturated carbocycles. The normalized spacial score (nSPS) is 10.4. The van der Waals surface area contributed by atoms with Crippen LogP contribution in [-0.4, -0.2) is 15.8 Å². The number of nitrogen functional groups attached to an aromatic ring is 1. The van der Waals surface area contributed by atoms with Gasteiger partial charge in [-0.15, -0.1) is 11.3 Å². The van der Waals surface area contributed by atoms with Crippen LogP contribution in [0, 0.1) is 17.0 Å². The number of rotatable bonds is 4. The first kappa shape index (κ1) is 14.9. The van der Waals surface area contributed by atoms with Gasteiger partial charge in [-0.3, -0.25) is 20.2 Å². The Bertz CT molecular complexity index is 711. The van der Waals surface area contributed by atoms with Crippen molar-refractivity contribution in [1.82, 2.24) is 4.98 Å². The van der Waals surface area contributed by atoms with Gasteiger partial charge in [0.25, 0.3) is 11.6 Å². The van der Waals surface area contributed by atoms with Crippen LogP contribution >= 0.6 is 11.3 Å². The number of carbonyl (C=O) groups is 1. The molecule has 0 fully saturated rings. The van der Waals surface area contributed by atoms with Gasteiger partial charge < -0.3 is 5.73 Å². The van der Waals surface area contributed by atoms with Crippen molar-refractivity contribution in [3.63, 3.8) is 0 Å². The molecule has 21 heavy (non-hydrogen) atoms. The smallest absolute Gasteiger partial charge is 0.282 e. The van der Waals surface area contributed by atoms with Gasteiger partial charge in [-0.25, -0.2) is 4.98 Å². The van der Waals surface area contributed by atoms with E-state index < -0.39 is 10.8 Å². The van der Waals surface area contributed by atoms with Crippen LogP contribution < -0.4 is 11.1 Å². The molecule has 0 aliphatic carbocycles. The van der Waals surface area contributed by atoms with Crippen LogP contribution in [0.25, 0.3) is 0 Å². The fraction of sp³-hybridized carbons (Fsp3) is 0.231. The molecule has 0 spiro atoms. The van der Waals surface area contributed by atoms with Gasteiger partial charge in [-0.1, -0.05) is 6.92 Å². The third-order valence-corrected chi connectivity index (χ3v) is 3.84. The molecule has 0 saturated heterocycles. The van der Waals surface area contributed by atoms with E-state index in [-0.39, 0.29) is 16.9 Å². The molecule has 0 unspecified atom stereocenters. The Labute approximate surface area is 125 Å². The third kappa shape index (κ3) is 3.16. The predicted molar refractivity (Wildman–Crippen MR) is 81.7 cm³/mol. The van der Waals surface area contributed by atoms with E-state index in [1.165, 1.54) is 29.5 Å². The molecule has 8 heteroatoms. The largest absolute Gasteiger partial charge is 0.399 e. The Balaban J connectivity index is 2.31. The summed E-state index contributed by atoms with van der Waals surface area (Å²) in [4.78, 5) is 27.8. The molecular formula is C13H14N4O3S. The van der Waals surface area contributed by atoms with E-state index in [4.69, 9.17) is 5.73 Å². The summed E-state index contributed by atoms with van der Waals surface area (Å²) in [6.07, 6.45) is 0.761. The first-order valence-corrected chi connectivity index (χ1v) is 7.05. The molecule has 0 aliphatic rings. The van der Waals surface area contributed by atoms with E-state index in [1.807, 2.05) is 13.8 Å². The van der Waals surface area contributed by atoms with Crippen molar-refractivity contribution in [2.45, 2.75) is 20.3 Å². The second-order valence-corrected chi connectivity index (χ2v) is 5.57. The predicted octanol–water partition coefficient (Wildman–Crippen LogP) is 2.76. The van der Waals surface area contributed by atoms with Crippen LogP contribution in [0.3, 0.4) is 0 Å². The van der Waals surface area contributed by atoms with E-state index in [9.17, 15) is 14.9 Å². The molecule has 0 radical (unpaired) electrons. The average Bonchev–Trinajstić information content (AvgIpc) is 2.78. The summed E-state index contributed by atoms with van der Waals surface area (Å²) < 4.78 is 0. The number of nitro benzene ring substituents is 1. The van der Waals surface area contributed by atoms with Gasteiger partial charge in [0.2, 0.25) is 0 Å². The zero-order valence-electron chi connectivity index (χ0n) is 11.5. The summed E-state index contributed by atoms with van der Waals surface area (Å²) in [5.74, 6) is -0.592. The van der Waals surface area contributed by atoms with Crippen molar-refractivity contribution in [3.8, 4) is 0 Å². The lowest BCUT2D eigenvalue weighted by molar-refractivity contribution is -0.385. The summed E-state index contributed by atoms with van der Waals surface area (Å²) >= 11 is 1.34. The standard InChI is InChI=1S/C13H14N4O3S/c1-3-10-7(2)21-13(15-10)16-12(18)9-6-8(14)4-5-11(9)17(19)20/h4-6H,3,14H2,1-2H3,(H,15,16,18).